The summed E-state index contributed by atoms with van der Waals surface area (Å²) in [7, 11) is -2.19. The predicted octanol–water partition coefficient (Wildman–Crippen LogP) is 4.24. The number of ether oxygens (including phenoxy) is 1. The predicted molar refractivity (Wildman–Crippen MR) is 113 cm³/mol. The van der Waals surface area contributed by atoms with Crippen molar-refractivity contribution in [3.05, 3.63) is 88.5 Å². The molecule has 0 aliphatic heterocycles. The lowest BCUT2D eigenvalue weighted by molar-refractivity contribution is -0.384. The zero-order valence-electron chi connectivity index (χ0n) is 16.0. The Morgan fingerprint density at radius 2 is 1.66 bits per heavy atom. The van der Waals surface area contributed by atoms with Crippen LogP contribution in [0, 0.1) is 10.1 Å². The van der Waals surface area contributed by atoms with Gasteiger partial charge in [-0.25, -0.2) is 8.42 Å². The summed E-state index contributed by atoms with van der Waals surface area (Å²) in [4.78, 5) is 10.6. The fraction of sp³-hybridized carbons (Fsp3) is 0.143. The molecule has 0 aliphatic rings. The number of anilines is 1. The zero-order chi connectivity index (χ0) is 21.0. The molecule has 3 aromatic carbocycles. The number of nitro benzene ring substituents is 1. The summed E-state index contributed by atoms with van der Waals surface area (Å²) in [6.07, 6.45) is 1.06. The van der Waals surface area contributed by atoms with E-state index < -0.39 is 14.9 Å². The Bertz CT molecular complexity index is 1130. The van der Waals surface area contributed by atoms with Gasteiger partial charge in [-0.3, -0.25) is 14.4 Å². The van der Waals surface area contributed by atoms with E-state index in [1.165, 1.54) is 25.2 Å². The van der Waals surface area contributed by atoms with Gasteiger partial charge >= 0.3 is 0 Å². The quantitative estimate of drug-likeness (QED) is 0.428. The van der Waals surface area contributed by atoms with Gasteiger partial charge in [0.05, 0.1) is 22.9 Å². The molecule has 3 aromatic rings. The maximum Gasteiger partial charge on any atom is 0.273 e. The van der Waals surface area contributed by atoms with Gasteiger partial charge in [-0.05, 0) is 22.8 Å². The number of nitro groups is 1. The van der Waals surface area contributed by atoms with Gasteiger partial charge in [0, 0.05) is 13.1 Å². The van der Waals surface area contributed by atoms with E-state index in [1.807, 2.05) is 54.6 Å². The van der Waals surface area contributed by atoms with Crippen molar-refractivity contribution in [2.24, 2.45) is 0 Å². The van der Waals surface area contributed by atoms with Gasteiger partial charge in [-0.15, -0.1) is 0 Å². The summed E-state index contributed by atoms with van der Waals surface area (Å²) in [6, 6.07) is 21.3. The van der Waals surface area contributed by atoms with E-state index in [0.29, 0.717) is 0 Å². The topological polar surface area (TPSA) is 89.8 Å². The van der Waals surface area contributed by atoms with Gasteiger partial charge in [0.15, 0.2) is 5.75 Å². The Kier molecular flexibility index (Phi) is 5.84. The minimum absolute atomic E-state index is 0.120. The van der Waals surface area contributed by atoms with Crippen molar-refractivity contribution in [3.8, 4) is 16.9 Å². The van der Waals surface area contributed by atoms with E-state index in [4.69, 9.17) is 4.74 Å². The van der Waals surface area contributed by atoms with Crippen LogP contribution in [0.1, 0.15) is 5.56 Å². The molecule has 29 heavy (non-hydrogen) atoms. The van der Waals surface area contributed by atoms with Crippen molar-refractivity contribution in [2.75, 3.05) is 17.6 Å². The van der Waals surface area contributed by atoms with Gasteiger partial charge in [0.2, 0.25) is 10.0 Å². The van der Waals surface area contributed by atoms with Crippen molar-refractivity contribution < 1.29 is 18.1 Å². The van der Waals surface area contributed by atoms with Crippen molar-refractivity contribution >= 4 is 21.4 Å². The second-order valence-corrected chi connectivity index (χ2v) is 8.47. The third-order valence-corrected chi connectivity index (χ3v) is 5.67. The highest BCUT2D eigenvalue weighted by Gasteiger charge is 2.20. The molecule has 150 valence electrons. The summed E-state index contributed by atoms with van der Waals surface area (Å²) < 4.78 is 30.8. The molecule has 0 radical (unpaired) electrons. The summed E-state index contributed by atoms with van der Waals surface area (Å²) in [5.41, 5.74) is 2.91. The molecule has 0 amide bonds. The molecule has 7 nitrogen and oxygen atoms in total. The van der Waals surface area contributed by atoms with Crippen LogP contribution >= 0.6 is 0 Å². The lowest BCUT2D eigenvalue weighted by Crippen LogP contribution is -2.25. The highest BCUT2D eigenvalue weighted by molar-refractivity contribution is 7.92. The molecule has 0 bridgehead atoms. The highest BCUT2D eigenvalue weighted by Crippen LogP contribution is 2.34. The Morgan fingerprint density at radius 3 is 2.31 bits per heavy atom. The second kappa shape index (κ2) is 8.32. The van der Waals surface area contributed by atoms with Gasteiger partial charge in [-0.2, -0.15) is 0 Å². The van der Waals surface area contributed by atoms with Gasteiger partial charge in [0.1, 0.15) is 6.61 Å². The lowest BCUT2D eigenvalue weighted by atomic mass is 10.0. The van der Waals surface area contributed by atoms with Crippen molar-refractivity contribution in [1.82, 2.24) is 0 Å². The standard InChI is InChI=1S/C21H20N2O5S/c1-22(29(2,26)27)20-13-12-18(23(24)25)14-21(20)28-15-17-10-6-7-11-19(17)16-8-4-3-5-9-16/h3-14H,15H2,1-2H3. The number of non-ortho nitro benzene ring substituents is 1. The third-order valence-electron chi connectivity index (χ3n) is 4.48. The van der Waals surface area contributed by atoms with Crippen molar-refractivity contribution in [2.45, 2.75) is 6.61 Å². The molecular formula is C21H20N2O5S. The Morgan fingerprint density at radius 1 is 1.00 bits per heavy atom. The largest absolute Gasteiger partial charge is 0.486 e. The maximum absolute atomic E-state index is 12.0. The Balaban J connectivity index is 1.97. The van der Waals surface area contributed by atoms with Crippen LogP contribution < -0.4 is 9.04 Å². The van der Waals surface area contributed by atoms with Gasteiger partial charge in [-0.1, -0.05) is 54.6 Å². The SMILES string of the molecule is CN(c1ccc([N+](=O)[O-])cc1OCc1ccccc1-c1ccccc1)S(C)(=O)=O. The summed E-state index contributed by atoms with van der Waals surface area (Å²) in [6.45, 7) is 0.122. The third kappa shape index (κ3) is 4.72. The number of hydrogen-bond acceptors (Lipinski definition) is 5. The molecule has 0 atom stereocenters. The first-order valence-corrected chi connectivity index (χ1v) is 10.6. The fourth-order valence-electron chi connectivity index (χ4n) is 2.87. The molecule has 0 fully saturated rings. The number of hydrogen-bond donors (Lipinski definition) is 0. The molecule has 0 aliphatic carbocycles. The first kappa shape index (κ1) is 20.3. The molecule has 0 unspecified atom stereocenters. The number of rotatable bonds is 7. The van der Waals surface area contributed by atoms with Crippen LogP contribution in [0.3, 0.4) is 0 Å². The van der Waals surface area contributed by atoms with Crippen LogP contribution in [-0.2, 0) is 16.6 Å². The number of benzene rings is 3. The molecule has 0 aromatic heterocycles. The smallest absolute Gasteiger partial charge is 0.273 e. The summed E-state index contributed by atoms with van der Waals surface area (Å²) in [5, 5.41) is 11.2. The van der Waals surface area contributed by atoms with Crippen LogP contribution in [0.15, 0.2) is 72.8 Å². The zero-order valence-corrected chi connectivity index (χ0v) is 16.8. The molecular weight excluding hydrogens is 392 g/mol. The van der Waals surface area contributed by atoms with Crippen LogP contribution in [0.2, 0.25) is 0 Å². The molecule has 8 heteroatoms. The van der Waals surface area contributed by atoms with Gasteiger partial charge < -0.3 is 4.74 Å². The fourth-order valence-corrected chi connectivity index (χ4v) is 3.38. The normalized spacial score (nSPS) is 11.1. The second-order valence-electron chi connectivity index (χ2n) is 6.45. The first-order valence-electron chi connectivity index (χ1n) is 8.76. The molecule has 3 rings (SSSR count). The van der Waals surface area contributed by atoms with E-state index in [-0.39, 0.29) is 23.7 Å². The van der Waals surface area contributed by atoms with E-state index in [2.05, 4.69) is 0 Å². The van der Waals surface area contributed by atoms with E-state index in [0.717, 1.165) is 27.3 Å². The van der Waals surface area contributed by atoms with Crippen LogP contribution in [0.5, 0.6) is 5.75 Å². The lowest BCUT2D eigenvalue weighted by Gasteiger charge is -2.20. The van der Waals surface area contributed by atoms with E-state index >= 15 is 0 Å². The minimum Gasteiger partial charge on any atom is -0.486 e. The summed E-state index contributed by atoms with van der Waals surface area (Å²) in [5.74, 6) is 0.120. The van der Waals surface area contributed by atoms with Gasteiger partial charge in [0.25, 0.3) is 5.69 Å². The molecule has 0 saturated heterocycles. The molecule has 0 spiro atoms. The number of nitrogens with zero attached hydrogens (tertiary/aromatic N) is 2. The highest BCUT2D eigenvalue weighted by atomic mass is 32.2. The Labute approximate surface area is 169 Å². The van der Waals surface area contributed by atoms with E-state index in [9.17, 15) is 18.5 Å². The molecule has 0 saturated carbocycles. The van der Waals surface area contributed by atoms with Crippen LogP contribution in [-0.4, -0.2) is 26.6 Å². The average Bonchev–Trinajstić information content (AvgIpc) is 2.71. The van der Waals surface area contributed by atoms with Crippen LogP contribution in [0.4, 0.5) is 11.4 Å². The molecule has 0 heterocycles. The van der Waals surface area contributed by atoms with Crippen LogP contribution in [0.25, 0.3) is 11.1 Å². The minimum atomic E-state index is -3.56. The average molecular weight is 412 g/mol. The number of sulfonamides is 1. The monoisotopic (exact) mass is 412 g/mol. The maximum atomic E-state index is 12.0. The van der Waals surface area contributed by atoms with Crippen molar-refractivity contribution in [1.29, 1.82) is 0 Å². The molecule has 0 N–H and O–H groups in total. The van der Waals surface area contributed by atoms with Crippen molar-refractivity contribution in [3.63, 3.8) is 0 Å². The summed E-state index contributed by atoms with van der Waals surface area (Å²) >= 11 is 0. The first-order chi connectivity index (χ1) is 13.8. The Hall–Kier alpha value is -3.39. The van der Waals surface area contributed by atoms with E-state index in [1.54, 1.807) is 0 Å².